The van der Waals surface area contributed by atoms with Gasteiger partial charge in [0.15, 0.2) is 0 Å². The predicted octanol–water partition coefficient (Wildman–Crippen LogP) is 3.47. The number of para-hydroxylation sites is 1. The molecule has 0 unspecified atom stereocenters. The maximum atomic E-state index is 12.4. The lowest BCUT2D eigenvalue weighted by Crippen LogP contribution is -2.41. The second kappa shape index (κ2) is 8.37. The van der Waals surface area contributed by atoms with E-state index in [1.807, 2.05) is 11.9 Å². The van der Waals surface area contributed by atoms with Crippen molar-refractivity contribution in [1.29, 1.82) is 0 Å². The highest BCUT2D eigenvalue weighted by Crippen LogP contribution is 2.26. The summed E-state index contributed by atoms with van der Waals surface area (Å²) >= 11 is 0. The first-order valence-electron chi connectivity index (χ1n) is 8.16. The van der Waals surface area contributed by atoms with Crippen molar-refractivity contribution < 1.29 is 22.7 Å². The molecule has 1 aromatic rings. The fraction of sp³-hybridized carbons (Fsp3) is 0.588. The Morgan fingerprint density at radius 3 is 2.58 bits per heavy atom. The van der Waals surface area contributed by atoms with Crippen LogP contribution in [-0.4, -0.2) is 36.8 Å². The van der Waals surface area contributed by atoms with Crippen LogP contribution >= 0.6 is 0 Å². The van der Waals surface area contributed by atoms with Gasteiger partial charge < -0.3 is 10.1 Å². The molecule has 1 aliphatic rings. The van der Waals surface area contributed by atoms with Crippen molar-refractivity contribution in [3.63, 3.8) is 0 Å². The minimum Gasteiger partial charge on any atom is -0.405 e. The molecule has 0 aliphatic heterocycles. The molecular weight excluding hydrogens is 321 g/mol. The van der Waals surface area contributed by atoms with Gasteiger partial charge in [-0.3, -0.25) is 9.69 Å². The Balaban J connectivity index is 1.85. The third kappa shape index (κ3) is 6.03. The predicted molar refractivity (Wildman–Crippen MR) is 84.5 cm³/mol. The largest absolute Gasteiger partial charge is 0.573 e. The first-order valence-corrected chi connectivity index (χ1v) is 8.16. The van der Waals surface area contributed by atoms with Crippen LogP contribution in [0.15, 0.2) is 24.3 Å². The van der Waals surface area contributed by atoms with Crippen LogP contribution in [-0.2, 0) is 11.3 Å². The van der Waals surface area contributed by atoms with E-state index in [1.165, 1.54) is 37.5 Å². The van der Waals surface area contributed by atoms with Crippen LogP contribution in [0, 0.1) is 0 Å². The highest BCUT2D eigenvalue weighted by atomic mass is 19.4. The lowest BCUT2D eigenvalue weighted by molar-refractivity contribution is -0.274. The summed E-state index contributed by atoms with van der Waals surface area (Å²) in [6, 6.07) is 6.22. The molecule has 0 aromatic heterocycles. The molecule has 134 valence electrons. The zero-order chi connectivity index (χ0) is 17.6. The zero-order valence-corrected chi connectivity index (χ0v) is 13.7. The van der Waals surface area contributed by atoms with E-state index < -0.39 is 6.36 Å². The topological polar surface area (TPSA) is 41.6 Å². The second-order valence-corrected chi connectivity index (χ2v) is 6.14. The number of hydrogen-bond acceptors (Lipinski definition) is 3. The van der Waals surface area contributed by atoms with Crippen molar-refractivity contribution in [2.75, 3.05) is 13.6 Å². The van der Waals surface area contributed by atoms with E-state index in [2.05, 4.69) is 10.1 Å². The molecule has 0 saturated heterocycles. The number of carbonyl (C=O) groups is 1. The van der Waals surface area contributed by atoms with Crippen LogP contribution in [0.5, 0.6) is 5.75 Å². The Hall–Kier alpha value is -1.76. The van der Waals surface area contributed by atoms with Gasteiger partial charge in [0, 0.05) is 18.2 Å². The molecular formula is C17H23F3N2O2. The Labute approximate surface area is 140 Å². The van der Waals surface area contributed by atoms with Gasteiger partial charge in [-0.05, 0) is 26.0 Å². The van der Waals surface area contributed by atoms with E-state index in [1.54, 1.807) is 6.07 Å². The van der Waals surface area contributed by atoms with Gasteiger partial charge in [0.25, 0.3) is 0 Å². The van der Waals surface area contributed by atoms with E-state index >= 15 is 0 Å². The van der Waals surface area contributed by atoms with Gasteiger partial charge in [-0.1, -0.05) is 37.5 Å². The van der Waals surface area contributed by atoms with Crippen molar-refractivity contribution in [3.8, 4) is 5.75 Å². The van der Waals surface area contributed by atoms with Crippen LogP contribution in [0.3, 0.4) is 0 Å². The standard InChI is InChI=1S/C17H23F3N2O2/c1-22(14-8-3-2-4-9-14)12-16(23)21-11-13-7-5-6-10-15(13)24-17(18,19)20/h5-7,10,14H,2-4,8-9,11-12H2,1H3,(H,21,23). The summed E-state index contributed by atoms with van der Waals surface area (Å²) in [7, 11) is 1.91. The Bertz CT molecular complexity index is 543. The van der Waals surface area contributed by atoms with E-state index in [4.69, 9.17) is 0 Å². The number of rotatable bonds is 6. The van der Waals surface area contributed by atoms with Crippen LogP contribution in [0.25, 0.3) is 0 Å². The lowest BCUT2D eigenvalue weighted by Gasteiger charge is -2.30. The Kier molecular flexibility index (Phi) is 6.48. The van der Waals surface area contributed by atoms with Crippen LogP contribution in [0.2, 0.25) is 0 Å². The van der Waals surface area contributed by atoms with Crippen LogP contribution in [0.1, 0.15) is 37.7 Å². The second-order valence-electron chi connectivity index (χ2n) is 6.14. The SMILES string of the molecule is CN(CC(=O)NCc1ccccc1OC(F)(F)F)C1CCCCC1. The number of benzene rings is 1. The number of amides is 1. The van der Waals surface area contributed by atoms with Crippen molar-refractivity contribution >= 4 is 5.91 Å². The average molecular weight is 344 g/mol. The summed E-state index contributed by atoms with van der Waals surface area (Å²) in [4.78, 5) is 14.1. The maximum absolute atomic E-state index is 12.4. The van der Waals surface area contributed by atoms with E-state index in [0.29, 0.717) is 11.6 Å². The molecule has 1 amide bonds. The number of likely N-dealkylation sites (N-methyl/N-ethyl adjacent to an activating group) is 1. The molecule has 1 aliphatic carbocycles. The fourth-order valence-electron chi connectivity index (χ4n) is 3.00. The fourth-order valence-corrected chi connectivity index (χ4v) is 3.00. The smallest absolute Gasteiger partial charge is 0.405 e. The molecule has 24 heavy (non-hydrogen) atoms. The zero-order valence-electron chi connectivity index (χ0n) is 13.7. The minimum atomic E-state index is -4.75. The van der Waals surface area contributed by atoms with E-state index in [-0.39, 0.29) is 24.7 Å². The molecule has 1 fully saturated rings. The molecule has 0 heterocycles. The van der Waals surface area contributed by atoms with Gasteiger partial charge in [0.1, 0.15) is 5.75 Å². The molecule has 7 heteroatoms. The molecule has 2 rings (SSSR count). The van der Waals surface area contributed by atoms with Gasteiger partial charge in [0.2, 0.25) is 5.91 Å². The number of nitrogens with one attached hydrogen (secondary N) is 1. The molecule has 0 spiro atoms. The highest BCUT2D eigenvalue weighted by Gasteiger charge is 2.32. The average Bonchev–Trinajstić information content (AvgIpc) is 2.53. The molecule has 0 bridgehead atoms. The van der Waals surface area contributed by atoms with Gasteiger partial charge in [-0.15, -0.1) is 13.2 Å². The number of halogens is 3. The van der Waals surface area contributed by atoms with Gasteiger partial charge in [0.05, 0.1) is 6.54 Å². The van der Waals surface area contributed by atoms with Crippen molar-refractivity contribution in [2.45, 2.75) is 51.1 Å². The van der Waals surface area contributed by atoms with Gasteiger partial charge >= 0.3 is 6.36 Å². The number of carbonyl (C=O) groups excluding carboxylic acids is 1. The first-order chi connectivity index (χ1) is 11.3. The summed E-state index contributed by atoms with van der Waals surface area (Å²) in [5.41, 5.74) is 0.295. The first kappa shape index (κ1) is 18.6. The monoisotopic (exact) mass is 344 g/mol. The molecule has 1 saturated carbocycles. The molecule has 1 N–H and O–H groups in total. The normalized spacial score (nSPS) is 16.2. The Morgan fingerprint density at radius 1 is 1.25 bits per heavy atom. The third-order valence-electron chi connectivity index (χ3n) is 4.27. The third-order valence-corrected chi connectivity index (χ3v) is 4.27. The van der Waals surface area contributed by atoms with Gasteiger partial charge in [-0.2, -0.15) is 0 Å². The summed E-state index contributed by atoms with van der Waals surface area (Å²) < 4.78 is 41.1. The van der Waals surface area contributed by atoms with E-state index in [9.17, 15) is 18.0 Å². The van der Waals surface area contributed by atoms with E-state index in [0.717, 1.165) is 12.8 Å². The quantitative estimate of drug-likeness (QED) is 0.859. The summed E-state index contributed by atoms with van der Waals surface area (Å²) in [5, 5.41) is 2.67. The lowest BCUT2D eigenvalue weighted by atomic mass is 9.94. The summed E-state index contributed by atoms with van der Waals surface area (Å²) in [5.74, 6) is -0.490. The van der Waals surface area contributed by atoms with Crippen LogP contribution in [0.4, 0.5) is 13.2 Å². The number of nitrogens with zero attached hydrogens (tertiary/aromatic N) is 1. The molecule has 1 aromatic carbocycles. The maximum Gasteiger partial charge on any atom is 0.573 e. The summed E-state index contributed by atoms with van der Waals surface area (Å²) in [6.45, 7) is 0.247. The summed E-state index contributed by atoms with van der Waals surface area (Å²) in [6.07, 6.45) is 1.03. The highest BCUT2D eigenvalue weighted by molar-refractivity contribution is 5.78. The van der Waals surface area contributed by atoms with Crippen molar-refractivity contribution in [2.24, 2.45) is 0 Å². The molecule has 0 radical (unpaired) electrons. The van der Waals surface area contributed by atoms with Crippen molar-refractivity contribution in [3.05, 3.63) is 29.8 Å². The molecule has 4 nitrogen and oxygen atoms in total. The van der Waals surface area contributed by atoms with Gasteiger partial charge in [-0.25, -0.2) is 0 Å². The Morgan fingerprint density at radius 2 is 1.92 bits per heavy atom. The minimum absolute atomic E-state index is 0.00356. The number of hydrogen-bond donors (Lipinski definition) is 1. The van der Waals surface area contributed by atoms with Crippen molar-refractivity contribution in [1.82, 2.24) is 10.2 Å². The number of alkyl halides is 3. The number of ether oxygens (including phenoxy) is 1. The van der Waals surface area contributed by atoms with Crippen LogP contribution < -0.4 is 10.1 Å². The molecule has 0 atom stereocenters.